The molecule has 3 nitrogen and oxygen atoms in total. The van der Waals surface area contributed by atoms with Crippen LogP contribution in [-0.2, 0) is 6.42 Å². The molecule has 0 amide bonds. The standard InChI is InChI=1S/C14H15ClN2O/c15-14-12(5-6-18-14)13(17-16)8-10-7-9-3-1-2-4-11(9)10/h1-6,10,13,17H,7-8,16H2. The van der Waals surface area contributed by atoms with E-state index < -0.39 is 0 Å². The second kappa shape index (κ2) is 4.76. The average Bonchev–Trinajstić information content (AvgIpc) is 2.77. The third-order valence-electron chi connectivity index (χ3n) is 3.70. The van der Waals surface area contributed by atoms with Gasteiger partial charge in [0.25, 0.3) is 0 Å². The minimum absolute atomic E-state index is 0.0367. The molecule has 1 aromatic heterocycles. The summed E-state index contributed by atoms with van der Waals surface area (Å²) >= 11 is 6.00. The van der Waals surface area contributed by atoms with Gasteiger partial charge in [0.2, 0.25) is 0 Å². The van der Waals surface area contributed by atoms with E-state index in [2.05, 4.69) is 29.7 Å². The van der Waals surface area contributed by atoms with Gasteiger partial charge in [-0.2, -0.15) is 0 Å². The molecule has 94 valence electrons. The maximum Gasteiger partial charge on any atom is 0.197 e. The monoisotopic (exact) mass is 262 g/mol. The summed E-state index contributed by atoms with van der Waals surface area (Å²) in [5.41, 5.74) is 6.63. The van der Waals surface area contributed by atoms with Crippen LogP contribution in [0.4, 0.5) is 0 Å². The lowest BCUT2D eigenvalue weighted by molar-refractivity contribution is 0.431. The molecule has 0 spiro atoms. The topological polar surface area (TPSA) is 51.2 Å². The van der Waals surface area contributed by atoms with Crippen molar-refractivity contribution >= 4 is 11.6 Å². The van der Waals surface area contributed by atoms with Crippen LogP contribution in [0.1, 0.15) is 35.1 Å². The molecule has 0 fully saturated rings. The Morgan fingerprint density at radius 1 is 1.39 bits per heavy atom. The molecular weight excluding hydrogens is 248 g/mol. The fourth-order valence-corrected chi connectivity index (χ4v) is 2.94. The third-order valence-corrected chi connectivity index (χ3v) is 4.01. The molecule has 0 radical (unpaired) electrons. The summed E-state index contributed by atoms with van der Waals surface area (Å²) in [6, 6.07) is 10.4. The number of benzene rings is 1. The third kappa shape index (κ3) is 1.94. The maximum absolute atomic E-state index is 6.00. The fourth-order valence-electron chi connectivity index (χ4n) is 2.70. The van der Waals surface area contributed by atoms with Crippen molar-refractivity contribution in [3.8, 4) is 0 Å². The van der Waals surface area contributed by atoms with Crippen LogP contribution in [0.15, 0.2) is 41.0 Å². The predicted octanol–water partition coefficient (Wildman–Crippen LogP) is 3.17. The van der Waals surface area contributed by atoms with Gasteiger partial charge in [0.05, 0.1) is 12.3 Å². The number of rotatable bonds is 4. The Labute approximate surface area is 111 Å². The number of nitrogens with one attached hydrogen (secondary N) is 1. The maximum atomic E-state index is 6.00. The SMILES string of the molecule is NNC(CC1Cc2ccccc21)c1ccoc1Cl. The van der Waals surface area contributed by atoms with Crippen molar-refractivity contribution in [1.82, 2.24) is 5.43 Å². The highest BCUT2D eigenvalue weighted by Crippen LogP contribution is 2.41. The zero-order valence-electron chi connectivity index (χ0n) is 9.90. The van der Waals surface area contributed by atoms with Crippen LogP contribution < -0.4 is 11.3 Å². The summed E-state index contributed by atoms with van der Waals surface area (Å²) < 4.78 is 5.12. The minimum atomic E-state index is 0.0367. The summed E-state index contributed by atoms with van der Waals surface area (Å²) in [6.07, 6.45) is 3.65. The molecule has 18 heavy (non-hydrogen) atoms. The molecule has 3 N–H and O–H groups in total. The van der Waals surface area contributed by atoms with Crippen LogP contribution in [0.3, 0.4) is 0 Å². The summed E-state index contributed by atoms with van der Waals surface area (Å²) in [4.78, 5) is 0. The van der Waals surface area contributed by atoms with Crippen molar-refractivity contribution < 1.29 is 4.42 Å². The van der Waals surface area contributed by atoms with Gasteiger partial charge in [-0.1, -0.05) is 24.3 Å². The first-order valence-electron chi connectivity index (χ1n) is 6.06. The number of hydrogen-bond donors (Lipinski definition) is 2. The lowest BCUT2D eigenvalue weighted by Gasteiger charge is -2.32. The van der Waals surface area contributed by atoms with Crippen molar-refractivity contribution in [1.29, 1.82) is 0 Å². The summed E-state index contributed by atoms with van der Waals surface area (Å²) in [6.45, 7) is 0. The highest BCUT2D eigenvalue weighted by atomic mass is 35.5. The summed E-state index contributed by atoms with van der Waals surface area (Å²) in [5, 5.41) is 0.422. The molecule has 4 heteroatoms. The van der Waals surface area contributed by atoms with Crippen LogP contribution in [0.2, 0.25) is 5.22 Å². The van der Waals surface area contributed by atoms with Gasteiger partial charge in [-0.25, -0.2) is 0 Å². The number of nitrogens with two attached hydrogens (primary N) is 1. The zero-order chi connectivity index (χ0) is 12.5. The van der Waals surface area contributed by atoms with E-state index in [0.29, 0.717) is 11.1 Å². The quantitative estimate of drug-likeness (QED) is 0.657. The fraction of sp³-hybridized carbons (Fsp3) is 0.286. The first-order valence-corrected chi connectivity index (χ1v) is 6.44. The van der Waals surface area contributed by atoms with Crippen molar-refractivity contribution in [3.05, 3.63) is 58.5 Å². The average molecular weight is 263 g/mol. The lowest BCUT2D eigenvalue weighted by atomic mass is 9.74. The number of hydrogen-bond acceptors (Lipinski definition) is 3. The van der Waals surface area contributed by atoms with Gasteiger partial charge in [0, 0.05) is 5.56 Å². The second-order valence-corrected chi connectivity index (χ2v) is 5.05. The van der Waals surface area contributed by atoms with Crippen LogP contribution in [0, 0.1) is 0 Å². The number of furan rings is 1. The van der Waals surface area contributed by atoms with E-state index >= 15 is 0 Å². The van der Waals surface area contributed by atoms with Gasteiger partial charge in [0.1, 0.15) is 0 Å². The Kier molecular flexibility index (Phi) is 3.12. The van der Waals surface area contributed by atoms with E-state index in [1.807, 2.05) is 6.07 Å². The van der Waals surface area contributed by atoms with Gasteiger partial charge >= 0.3 is 0 Å². The molecule has 2 atom stereocenters. The van der Waals surface area contributed by atoms with Crippen molar-refractivity contribution in [3.63, 3.8) is 0 Å². The largest absolute Gasteiger partial charge is 0.453 e. The second-order valence-electron chi connectivity index (χ2n) is 4.70. The van der Waals surface area contributed by atoms with Crippen molar-refractivity contribution in [2.24, 2.45) is 5.84 Å². The summed E-state index contributed by atoms with van der Waals surface area (Å²) in [5.74, 6) is 6.18. The Morgan fingerprint density at radius 3 is 2.89 bits per heavy atom. The van der Waals surface area contributed by atoms with E-state index in [9.17, 15) is 0 Å². The predicted molar refractivity (Wildman–Crippen MR) is 71.3 cm³/mol. The molecular formula is C14H15ClN2O. The van der Waals surface area contributed by atoms with Gasteiger partial charge in [-0.15, -0.1) is 0 Å². The van der Waals surface area contributed by atoms with E-state index in [1.54, 1.807) is 6.26 Å². The molecule has 0 aliphatic heterocycles. The first-order chi connectivity index (χ1) is 8.79. The number of halogens is 1. The molecule has 0 bridgehead atoms. The molecule has 2 unspecified atom stereocenters. The smallest absolute Gasteiger partial charge is 0.197 e. The molecule has 1 aliphatic rings. The van der Waals surface area contributed by atoms with Crippen molar-refractivity contribution in [2.75, 3.05) is 0 Å². The molecule has 2 aromatic rings. The normalized spacial score (nSPS) is 19.1. The van der Waals surface area contributed by atoms with Crippen LogP contribution in [0.25, 0.3) is 0 Å². The molecule has 0 saturated carbocycles. The minimum Gasteiger partial charge on any atom is -0.453 e. The van der Waals surface area contributed by atoms with E-state index in [4.69, 9.17) is 21.9 Å². The van der Waals surface area contributed by atoms with Crippen LogP contribution >= 0.6 is 11.6 Å². The number of hydrazine groups is 1. The number of fused-ring (bicyclic) bond motifs is 1. The van der Waals surface area contributed by atoms with Crippen LogP contribution in [-0.4, -0.2) is 0 Å². The molecule has 1 heterocycles. The van der Waals surface area contributed by atoms with E-state index in [0.717, 1.165) is 18.4 Å². The Bertz CT molecular complexity index is 552. The molecule has 3 rings (SSSR count). The van der Waals surface area contributed by atoms with E-state index in [-0.39, 0.29) is 6.04 Å². The Hall–Kier alpha value is -1.29. The van der Waals surface area contributed by atoms with E-state index in [1.165, 1.54) is 11.1 Å². The molecule has 1 aliphatic carbocycles. The Balaban J connectivity index is 1.76. The highest BCUT2D eigenvalue weighted by molar-refractivity contribution is 6.29. The first kappa shape index (κ1) is 11.8. The van der Waals surface area contributed by atoms with Gasteiger partial charge < -0.3 is 4.42 Å². The van der Waals surface area contributed by atoms with Crippen LogP contribution in [0.5, 0.6) is 0 Å². The van der Waals surface area contributed by atoms with Crippen molar-refractivity contribution in [2.45, 2.75) is 24.8 Å². The highest BCUT2D eigenvalue weighted by Gasteiger charge is 2.29. The van der Waals surface area contributed by atoms with Gasteiger partial charge in [-0.05, 0) is 47.6 Å². The van der Waals surface area contributed by atoms with Gasteiger partial charge in [-0.3, -0.25) is 11.3 Å². The summed E-state index contributed by atoms with van der Waals surface area (Å²) in [7, 11) is 0. The zero-order valence-corrected chi connectivity index (χ0v) is 10.7. The Morgan fingerprint density at radius 2 is 2.22 bits per heavy atom. The van der Waals surface area contributed by atoms with Gasteiger partial charge in [0.15, 0.2) is 5.22 Å². The lowest BCUT2D eigenvalue weighted by Crippen LogP contribution is -2.31. The molecule has 0 saturated heterocycles. The molecule has 1 aromatic carbocycles.